The highest BCUT2D eigenvalue weighted by Gasteiger charge is 2.16. The Morgan fingerprint density at radius 3 is 2.57 bits per heavy atom. The molecule has 0 fully saturated rings. The number of hydrogen-bond donors (Lipinski definition) is 0. The molecule has 1 aromatic carbocycles. The van der Waals surface area contributed by atoms with Crippen molar-refractivity contribution in [1.29, 1.82) is 0 Å². The molecule has 0 aliphatic carbocycles. The third-order valence-electron chi connectivity index (χ3n) is 2.86. The van der Waals surface area contributed by atoms with Gasteiger partial charge in [-0.3, -0.25) is 4.79 Å². The lowest BCUT2D eigenvalue weighted by atomic mass is 10.2. The Morgan fingerprint density at radius 1 is 1.14 bits per heavy atom. The fourth-order valence-electron chi connectivity index (χ4n) is 1.89. The molecule has 3 rings (SSSR count). The van der Waals surface area contributed by atoms with Crippen molar-refractivity contribution in [3.05, 3.63) is 58.9 Å². The minimum atomic E-state index is -1.28. The fourth-order valence-corrected chi connectivity index (χ4v) is 2.62. The molecule has 3 aromatic rings. The van der Waals surface area contributed by atoms with Crippen molar-refractivity contribution in [3.63, 3.8) is 0 Å². The Balaban J connectivity index is 2.17. The second-order valence-corrected chi connectivity index (χ2v) is 5.14. The van der Waals surface area contributed by atoms with Gasteiger partial charge in [0.25, 0.3) is 0 Å². The largest absolute Gasteiger partial charge is 0.298 e. The van der Waals surface area contributed by atoms with Gasteiger partial charge in [0.2, 0.25) is 0 Å². The third kappa shape index (κ3) is 2.36. The minimum Gasteiger partial charge on any atom is -0.298 e. The third-order valence-corrected chi connectivity index (χ3v) is 3.74. The molecule has 0 atom stereocenters. The average molecular weight is 308 g/mol. The highest BCUT2D eigenvalue weighted by Crippen LogP contribution is 2.27. The smallest absolute Gasteiger partial charge is 0.161 e. The van der Waals surface area contributed by atoms with Crippen molar-refractivity contribution < 1.29 is 18.0 Å². The summed E-state index contributed by atoms with van der Waals surface area (Å²) in [6, 6.07) is 4.68. The van der Waals surface area contributed by atoms with E-state index in [0.717, 1.165) is 9.56 Å². The van der Waals surface area contributed by atoms with Crippen LogP contribution in [0.25, 0.3) is 16.3 Å². The second kappa shape index (κ2) is 5.17. The van der Waals surface area contributed by atoms with Crippen LogP contribution in [0.2, 0.25) is 0 Å². The van der Waals surface area contributed by atoms with Gasteiger partial charge < -0.3 is 0 Å². The summed E-state index contributed by atoms with van der Waals surface area (Å²) in [6.07, 6.45) is 1.86. The van der Waals surface area contributed by atoms with Gasteiger partial charge in [0.1, 0.15) is 11.4 Å². The lowest BCUT2D eigenvalue weighted by Gasteiger charge is -2.03. The number of benzene rings is 1. The van der Waals surface area contributed by atoms with Gasteiger partial charge in [-0.15, -0.1) is 11.3 Å². The average Bonchev–Trinajstić information content (AvgIpc) is 3.10. The van der Waals surface area contributed by atoms with E-state index in [4.69, 9.17) is 0 Å². The number of carbonyl (C=O) groups is 1. The zero-order valence-corrected chi connectivity index (χ0v) is 11.2. The Bertz CT molecular complexity index is 812. The topological polar surface area (TPSA) is 34.9 Å². The van der Waals surface area contributed by atoms with Crippen LogP contribution in [0.3, 0.4) is 0 Å². The van der Waals surface area contributed by atoms with E-state index >= 15 is 0 Å². The molecule has 0 N–H and O–H groups in total. The van der Waals surface area contributed by atoms with Crippen molar-refractivity contribution in [2.24, 2.45) is 0 Å². The summed E-state index contributed by atoms with van der Waals surface area (Å²) < 4.78 is 41.0. The summed E-state index contributed by atoms with van der Waals surface area (Å²) in [5.74, 6) is -3.43. The van der Waals surface area contributed by atoms with Gasteiger partial charge in [0, 0.05) is 18.3 Å². The first-order valence-electron chi connectivity index (χ1n) is 5.84. The van der Waals surface area contributed by atoms with Gasteiger partial charge in [-0.25, -0.2) is 17.9 Å². The van der Waals surface area contributed by atoms with E-state index in [1.54, 1.807) is 17.5 Å². The molecule has 2 aromatic heterocycles. The lowest BCUT2D eigenvalue weighted by molar-refractivity contribution is 0.112. The van der Waals surface area contributed by atoms with Crippen LogP contribution in [0.5, 0.6) is 0 Å². The fraction of sp³-hybridized carbons (Fsp3) is 0. The van der Waals surface area contributed by atoms with Gasteiger partial charge in [0.05, 0.1) is 10.4 Å². The number of rotatable bonds is 3. The number of thiophene rings is 1. The molecule has 0 saturated heterocycles. The summed E-state index contributed by atoms with van der Waals surface area (Å²) in [4.78, 5) is 11.8. The molecule has 0 unspecified atom stereocenters. The van der Waals surface area contributed by atoms with Gasteiger partial charge in [-0.2, -0.15) is 5.10 Å². The van der Waals surface area contributed by atoms with Crippen LogP contribution in [0, 0.1) is 17.5 Å². The van der Waals surface area contributed by atoms with Crippen LogP contribution in [-0.2, 0) is 0 Å². The predicted molar refractivity (Wildman–Crippen MR) is 72.1 cm³/mol. The van der Waals surface area contributed by atoms with Crippen molar-refractivity contribution in [3.8, 4) is 16.3 Å². The first-order chi connectivity index (χ1) is 10.1. The highest BCUT2D eigenvalue weighted by atomic mass is 32.1. The monoisotopic (exact) mass is 308 g/mol. The molecular formula is C14H7F3N2OS. The van der Waals surface area contributed by atoms with Gasteiger partial charge >= 0.3 is 0 Å². The van der Waals surface area contributed by atoms with Crippen molar-refractivity contribution in [2.75, 3.05) is 0 Å². The van der Waals surface area contributed by atoms with Crippen molar-refractivity contribution in [1.82, 2.24) is 9.78 Å². The van der Waals surface area contributed by atoms with E-state index in [1.807, 2.05) is 0 Å². The van der Waals surface area contributed by atoms with Crippen LogP contribution >= 0.6 is 11.3 Å². The Morgan fingerprint density at radius 2 is 1.90 bits per heavy atom. The molecule has 0 saturated carbocycles. The normalized spacial score (nSPS) is 10.8. The number of aldehydes is 1. The van der Waals surface area contributed by atoms with Crippen LogP contribution in [0.15, 0.2) is 35.8 Å². The van der Waals surface area contributed by atoms with Crippen LogP contribution < -0.4 is 0 Å². The summed E-state index contributed by atoms with van der Waals surface area (Å²) in [7, 11) is 0. The molecule has 0 amide bonds. The van der Waals surface area contributed by atoms with Crippen LogP contribution in [0.1, 0.15) is 10.4 Å². The van der Waals surface area contributed by atoms with E-state index in [-0.39, 0.29) is 11.3 Å². The molecule has 7 heteroatoms. The lowest BCUT2D eigenvalue weighted by Crippen LogP contribution is -2.01. The van der Waals surface area contributed by atoms with E-state index < -0.39 is 17.5 Å². The van der Waals surface area contributed by atoms with Gasteiger partial charge in [-0.05, 0) is 11.4 Å². The summed E-state index contributed by atoms with van der Waals surface area (Å²) in [5, 5.41) is 5.90. The second-order valence-electron chi connectivity index (χ2n) is 4.19. The number of hydrogen-bond acceptors (Lipinski definition) is 3. The van der Waals surface area contributed by atoms with Crippen molar-refractivity contribution in [2.45, 2.75) is 0 Å². The number of halogens is 3. The molecule has 0 bridgehead atoms. The van der Waals surface area contributed by atoms with E-state index in [9.17, 15) is 18.0 Å². The van der Waals surface area contributed by atoms with E-state index in [0.29, 0.717) is 24.1 Å². The molecule has 0 radical (unpaired) electrons. The molecule has 0 aliphatic heterocycles. The molecular weight excluding hydrogens is 301 g/mol. The molecule has 2 heterocycles. The molecule has 0 spiro atoms. The Kier molecular flexibility index (Phi) is 3.34. The summed E-state index contributed by atoms with van der Waals surface area (Å²) >= 11 is 1.36. The van der Waals surface area contributed by atoms with Crippen molar-refractivity contribution >= 4 is 17.6 Å². The summed E-state index contributed by atoms with van der Waals surface area (Å²) in [5.41, 5.74) is 0.338. The number of carbonyl (C=O) groups excluding carboxylic acids is 1. The zero-order chi connectivity index (χ0) is 15.0. The predicted octanol–water partition coefficient (Wildman–Crippen LogP) is 3.83. The van der Waals surface area contributed by atoms with E-state index in [1.165, 1.54) is 17.5 Å². The quantitative estimate of drug-likeness (QED) is 0.544. The SMILES string of the molecule is O=Cc1cn(-c2cc(F)c(F)cc2F)nc1-c1cccs1. The number of nitrogens with zero attached hydrogens (tertiary/aromatic N) is 2. The highest BCUT2D eigenvalue weighted by molar-refractivity contribution is 7.13. The molecule has 0 aliphatic rings. The molecule has 21 heavy (non-hydrogen) atoms. The van der Waals surface area contributed by atoms with Gasteiger partial charge in [-0.1, -0.05) is 6.07 Å². The maximum atomic E-state index is 13.8. The molecule has 106 valence electrons. The summed E-state index contributed by atoms with van der Waals surface area (Å²) in [6.45, 7) is 0. The maximum Gasteiger partial charge on any atom is 0.161 e. The maximum absolute atomic E-state index is 13.8. The first kappa shape index (κ1) is 13.6. The van der Waals surface area contributed by atoms with Crippen LogP contribution in [0.4, 0.5) is 13.2 Å². The number of aromatic nitrogens is 2. The zero-order valence-electron chi connectivity index (χ0n) is 10.4. The Labute approximate surface area is 121 Å². The Hall–Kier alpha value is -2.41. The standard InChI is InChI=1S/C14H7F3N2OS/c15-9-4-11(17)12(5-10(9)16)19-6-8(7-20)14(18-19)13-2-1-3-21-13/h1-7H. The molecule has 3 nitrogen and oxygen atoms in total. The van der Waals surface area contributed by atoms with Crippen LogP contribution in [-0.4, -0.2) is 16.1 Å². The van der Waals surface area contributed by atoms with E-state index in [2.05, 4.69) is 5.10 Å². The minimum absolute atomic E-state index is 0.238. The van der Waals surface area contributed by atoms with Gasteiger partial charge in [0.15, 0.2) is 23.7 Å². The first-order valence-corrected chi connectivity index (χ1v) is 6.71.